The molecule has 0 aliphatic carbocycles. The average Bonchev–Trinajstić information content (AvgIpc) is 2.45. The maximum atomic E-state index is 14.1. The highest BCUT2D eigenvalue weighted by molar-refractivity contribution is 5.64. The van der Waals surface area contributed by atoms with Gasteiger partial charge in [0.25, 0.3) is 0 Å². The zero-order chi connectivity index (χ0) is 14.7. The summed E-state index contributed by atoms with van der Waals surface area (Å²) in [6, 6.07) is 6.29. The monoisotopic (exact) mass is 273 g/mol. The van der Waals surface area contributed by atoms with Crippen molar-refractivity contribution in [2.24, 2.45) is 0 Å². The first-order chi connectivity index (χ1) is 9.52. The number of aliphatic hydroxyl groups is 1. The quantitative estimate of drug-likeness (QED) is 0.872. The van der Waals surface area contributed by atoms with Gasteiger partial charge in [-0.25, -0.2) is 8.78 Å². The first kappa shape index (κ1) is 14.2. The Kier molecular flexibility index (Phi) is 4.11. The number of nitrogens with zero attached hydrogens (tertiary/aromatic N) is 1. The summed E-state index contributed by atoms with van der Waals surface area (Å²) < 4.78 is 28.0. The summed E-state index contributed by atoms with van der Waals surface area (Å²) in [6.45, 7) is 1.81. The fraction of sp³-hybridized carbons (Fsp3) is 0.188. The number of aryl methyl sites for hydroxylation is 1. The van der Waals surface area contributed by atoms with Crippen LogP contribution in [0.2, 0.25) is 0 Å². The Morgan fingerprint density at radius 1 is 1.25 bits per heavy atom. The number of aliphatic hydroxyl groups excluding tert-OH is 1. The number of hydrogen-bond acceptors (Lipinski definition) is 2. The van der Waals surface area contributed by atoms with E-state index in [1.165, 1.54) is 18.3 Å². The number of pyridine rings is 1. The molecule has 2 aromatic rings. The van der Waals surface area contributed by atoms with E-state index in [9.17, 15) is 13.9 Å². The molecule has 1 heterocycles. The fourth-order valence-electron chi connectivity index (χ4n) is 1.86. The molecular weight excluding hydrogens is 260 g/mol. The molecule has 4 heteroatoms. The van der Waals surface area contributed by atoms with Crippen LogP contribution < -0.4 is 0 Å². The molecule has 0 amide bonds. The van der Waals surface area contributed by atoms with Crippen LogP contribution >= 0.6 is 0 Å². The van der Waals surface area contributed by atoms with E-state index in [0.717, 1.165) is 5.69 Å². The van der Waals surface area contributed by atoms with Gasteiger partial charge in [-0.2, -0.15) is 0 Å². The first-order valence-corrected chi connectivity index (χ1v) is 6.07. The van der Waals surface area contributed by atoms with Crippen LogP contribution in [0.25, 0.3) is 11.1 Å². The molecular formula is C16H13F2NO. The third-order valence-electron chi connectivity index (χ3n) is 2.99. The van der Waals surface area contributed by atoms with Gasteiger partial charge in [0.15, 0.2) is 11.6 Å². The molecule has 2 nitrogen and oxygen atoms in total. The van der Waals surface area contributed by atoms with Gasteiger partial charge in [-0.3, -0.25) is 4.98 Å². The van der Waals surface area contributed by atoms with Gasteiger partial charge in [-0.1, -0.05) is 24.1 Å². The van der Waals surface area contributed by atoms with Crippen molar-refractivity contribution in [2.45, 2.75) is 19.4 Å². The number of benzene rings is 1. The molecule has 1 N–H and O–H groups in total. The Bertz CT molecular complexity index is 659. The predicted molar refractivity (Wildman–Crippen MR) is 72.9 cm³/mol. The molecule has 1 aromatic carbocycles. The SMILES string of the molecule is C#CC(O)Cc1ccc(-c2ccc(C)nc2)c(F)c1F. The van der Waals surface area contributed by atoms with Gasteiger partial charge in [-0.05, 0) is 18.6 Å². The van der Waals surface area contributed by atoms with Crippen molar-refractivity contribution in [2.75, 3.05) is 0 Å². The molecule has 0 radical (unpaired) electrons. The van der Waals surface area contributed by atoms with E-state index in [1.54, 1.807) is 12.1 Å². The second-order valence-corrected chi connectivity index (χ2v) is 4.48. The van der Waals surface area contributed by atoms with E-state index in [-0.39, 0.29) is 17.5 Å². The van der Waals surface area contributed by atoms with Crippen molar-refractivity contribution in [3.8, 4) is 23.5 Å². The zero-order valence-electron chi connectivity index (χ0n) is 10.9. The standard InChI is InChI=1S/C16H13F2NO/c1-3-13(20)8-11-6-7-14(16(18)15(11)17)12-5-4-10(2)19-9-12/h1,4-7,9,13,20H,8H2,2H3. The average molecular weight is 273 g/mol. The highest BCUT2D eigenvalue weighted by atomic mass is 19.2. The number of rotatable bonds is 3. The molecule has 1 aromatic heterocycles. The van der Waals surface area contributed by atoms with Crippen LogP contribution in [0, 0.1) is 30.9 Å². The number of aromatic nitrogens is 1. The molecule has 0 bridgehead atoms. The zero-order valence-corrected chi connectivity index (χ0v) is 10.9. The molecule has 1 atom stereocenters. The fourth-order valence-corrected chi connectivity index (χ4v) is 1.86. The minimum atomic E-state index is -1.13. The Hall–Kier alpha value is -2.25. The molecule has 20 heavy (non-hydrogen) atoms. The summed E-state index contributed by atoms with van der Waals surface area (Å²) in [4.78, 5) is 4.05. The van der Waals surface area contributed by atoms with Gasteiger partial charge >= 0.3 is 0 Å². The number of terminal acetylenes is 1. The molecule has 0 aliphatic rings. The highest BCUT2D eigenvalue weighted by Gasteiger charge is 2.16. The van der Waals surface area contributed by atoms with Crippen molar-refractivity contribution in [1.82, 2.24) is 4.98 Å². The van der Waals surface area contributed by atoms with Gasteiger partial charge in [0, 0.05) is 29.4 Å². The molecule has 1 unspecified atom stereocenters. The van der Waals surface area contributed by atoms with Crippen LogP contribution in [-0.2, 0) is 6.42 Å². The van der Waals surface area contributed by atoms with Crippen molar-refractivity contribution >= 4 is 0 Å². The van der Waals surface area contributed by atoms with Crippen molar-refractivity contribution in [1.29, 1.82) is 0 Å². The molecule has 2 rings (SSSR count). The highest BCUT2D eigenvalue weighted by Crippen LogP contribution is 2.26. The molecule has 0 saturated heterocycles. The van der Waals surface area contributed by atoms with Crippen LogP contribution in [0.15, 0.2) is 30.5 Å². The summed E-state index contributed by atoms with van der Waals surface area (Å²) in [7, 11) is 0. The molecule has 0 spiro atoms. The Morgan fingerprint density at radius 3 is 2.60 bits per heavy atom. The van der Waals surface area contributed by atoms with Crippen LogP contribution in [0.5, 0.6) is 0 Å². The second kappa shape index (κ2) is 5.81. The Labute approximate surface area is 116 Å². The van der Waals surface area contributed by atoms with Crippen LogP contribution in [0.4, 0.5) is 8.78 Å². The summed E-state index contributed by atoms with van der Waals surface area (Å²) >= 11 is 0. The molecule has 0 fully saturated rings. The molecule has 0 aliphatic heterocycles. The minimum absolute atomic E-state index is 0.0526. The van der Waals surface area contributed by atoms with E-state index in [1.807, 2.05) is 6.92 Å². The van der Waals surface area contributed by atoms with E-state index in [2.05, 4.69) is 10.9 Å². The lowest BCUT2D eigenvalue weighted by molar-refractivity contribution is 0.231. The van der Waals surface area contributed by atoms with Gasteiger partial charge in [-0.15, -0.1) is 6.42 Å². The summed E-state index contributed by atoms with van der Waals surface area (Å²) in [5.74, 6) is 0.120. The van der Waals surface area contributed by atoms with Crippen LogP contribution in [-0.4, -0.2) is 16.2 Å². The molecule has 102 valence electrons. The molecule has 0 saturated carbocycles. The predicted octanol–water partition coefficient (Wildman–Crippen LogP) is 2.87. The normalized spacial score (nSPS) is 11.9. The van der Waals surface area contributed by atoms with Crippen molar-refractivity contribution in [3.05, 3.63) is 53.4 Å². The van der Waals surface area contributed by atoms with Crippen molar-refractivity contribution < 1.29 is 13.9 Å². The van der Waals surface area contributed by atoms with E-state index in [4.69, 9.17) is 6.42 Å². The topological polar surface area (TPSA) is 33.1 Å². The number of halogens is 2. The third kappa shape index (κ3) is 2.84. The summed E-state index contributed by atoms with van der Waals surface area (Å²) in [5.41, 5.74) is 1.48. The minimum Gasteiger partial charge on any atom is -0.380 e. The van der Waals surface area contributed by atoms with Gasteiger partial charge in [0.05, 0.1) is 0 Å². The Morgan fingerprint density at radius 2 is 2.00 bits per heavy atom. The van der Waals surface area contributed by atoms with E-state index in [0.29, 0.717) is 5.56 Å². The van der Waals surface area contributed by atoms with E-state index >= 15 is 0 Å². The maximum absolute atomic E-state index is 14.1. The lowest BCUT2D eigenvalue weighted by atomic mass is 10.0. The van der Waals surface area contributed by atoms with Crippen LogP contribution in [0.1, 0.15) is 11.3 Å². The lowest BCUT2D eigenvalue weighted by Gasteiger charge is -2.09. The van der Waals surface area contributed by atoms with E-state index < -0.39 is 17.7 Å². The third-order valence-corrected chi connectivity index (χ3v) is 2.99. The van der Waals surface area contributed by atoms with Gasteiger partial charge < -0.3 is 5.11 Å². The van der Waals surface area contributed by atoms with Gasteiger partial charge in [0.1, 0.15) is 6.10 Å². The van der Waals surface area contributed by atoms with Crippen molar-refractivity contribution in [3.63, 3.8) is 0 Å². The summed E-state index contributed by atoms with van der Waals surface area (Å²) in [5, 5.41) is 9.31. The Balaban J connectivity index is 2.41. The van der Waals surface area contributed by atoms with Gasteiger partial charge in [0.2, 0.25) is 0 Å². The first-order valence-electron chi connectivity index (χ1n) is 6.07. The number of hydrogen-bond donors (Lipinski definition) is 1. The lowest BCUT2D eigenvalue weighted by Crippen LogP contribution is -2.09. The second-order valence-electron chi connectivity index (χ2n) is 4.48. The van der Waals surface area contributed by atoms with Crippen LogP contribution in [0.3, 0.4) is 0 Å². The maximum Gasteiger partial charge on any atom is 0.166 e. The summed E-state index contributed by atoms with van der Waals surface area (Å²) in [6.07, 6.45) is 5.26. The largest absolute Gasteiger partial charge is 0.380 e. The smallest absolute Gasteiger partial charge is 0.166 e.